The van der Waals surface area contributed by atoms with Gasteiger partial charge in [-0.2, -0.15) is 0 Å². The van der Waals surface area contributed by atoms with Gasteiger partial charge in [-0.05, 0) is 0 Å². The number of aliphatic carboxylic acids is 1. The van der Waals surface area contributed by atoms with E-state index in [1.807, 2.05) is 0 Å². The van der Waals surface area contributed by atoms with Gasteiger partial charge in [0.05, 0.1) is 19.0 Å². The first-order valence-corrected chi connectivity index (χ1v) is 5.74. The number of hydrogen-bond acceptors (Lipinski definition) is 5. The molecule has 18 heavy (non-hydrogen) atoms. The lowest BCUT2D eigenvalue weighted by molar-refractivity contribution is -0.143. The van der Waals surface area contributed by atoms with Gasteiger partial charge < -0.3 is 20.5 Å². The number of carboxylic acid groups (broad SMARTS) is 1. The number of cyclic esters (lactones) is 1. The molecule has 0 bridgehead atoms. The highest BCUT2D eigenvalue weighted by Crippen LogP contribution is 2.12. The van der Waals surface area contributed by atoms with Crippen molar-refractivity contribution in [3.05, 3.63) is 0 Å². The predicted molar refractivity (Wildman–Crippen MR) is 58.9 cm³/mol. The molecule has 0 aromatic rings. The Kier molecular flexibility index (Phi) is 3.66. The van der Waals surface area contributed by atoms with Crippen LogP contribution in [0.15, 0.2) is 0 Å². The highest BCUT2D eigenvalue weighted by molar-refractivity contribution is 5.86. The number of carbonyl (C=O) groups is 3. The monoisotopic (exact) mass is 257 g/mol. The van der Waals surface area contributed by atoms with Crippen LogP contribution in [0.2, 0.25) is 0 Å². The van der Waals surface area contributed by atoms with Crippen molar-refractivity contribution in [2.75, 3.05) is 26.2 Å². The largest absolute Gasteiger partial charge is 0.481 e. The van der Waals surface area contributed by atoms with E-state index in [1.54, 1.807) is 4.90 Å². The smallest absolute Gasteiger partial charge is 0.407 e. The summed E-state index contributed by atoms with van der Waals surface area (Å²) in [4.78, 5) is 35.0. The van der Waals surface area contributed by atoms with E-state index in [0.717, 1.165) is 0 Å². The molecule has 2 rings (SSSR count). The number of amides is 2. The number of hydrogen-bond donors (Lipinski definition) is 3. The van der Waals surface area contributed by atoms with E-state index in [-0.39, 0.29) is 18.4 Å². The Morgan fingerprint density at radius 3 is 2.83 bits per heavy atom. The summed E-state index contributed by atoms with van der Waals surface area (Å²) in [6.07, 6.45) is -1.06. The van der Waals surface area contributed by atoms with Crippen LogP contribution in [0.1, 0.15) is 6.42 Å². The number of alkyl carbamates (subject to hydrolysis) is 1. The standard InChI is InChI=1S/C10H15N3O5/c14-8(15)3-7-9(16)11-1-2-13(7)5-6-4-12-10(17)18-6/h6-7H,1-5H2,(H,11,16)(H,12,17)(H,14,15). The Morgan fingerprint density at radius 2 is 2.22 bits per heavy atom. The van der Waals surface area contributed by atoms with Crippen LogP contribution in [0, 0.1) is 0 Å². The van der Waals surface area contributed by atoms with Crippen LogP contribution in [-0.2, 0) is 14.3 Å². The van der Waals surface area contributed by atoms with Gasteiger partial charge in [-0.3, -0.25) is 14.5 Å². The third kappa shape index (κ3) is 2.89. The van der Waals surface area contributed by atoms with E-state index >= 15 is 0 Å². The second kappa shape index (κ2) is 5.21. The number of carboxylic acids is 1. The highest BCUT2D eigenvalue weighted by atomic mass is 16.6. The minimum Gasteiger partial charge on any atom is -0.481 e. The lowest BCUT2D eigenvalue weighted by Gasteiger charge is -2.35. The van der Waals surface area contributed by atoms with Crippen LogP contribution in [0.5, 0.6) is 0 Å². The molecule has 0 aromatic carbocycles. The predicted octanol–water partition coefficient (Wildman–Crippen LogP) is -1.63. The van der Waals surface area contributed by atoms with Crippen molar-refractivity contribution in [1.29, 1.82) is 0 Å². The zero-order valence-corrected chi connectivity index (χ0v) is 9.72. The zero-order valence-electron chi connectivity index (χ0n) is 9.72. The number of nitrogens with one attached hydrogen (secondary N) is 2. The third-order valence-corrected chi connectivity index (χ3v) is 3.00. The molecule has 2 atom stereocenters. The van der Waals surface area contributed by atoms with E-state index in [4.69, 9.17) is 9.84 Å². The molecule has 0 saturated carbocycles. The fourth-order valence-electron chi connectivity index (χ4n) is 2.16. The van der Waals surface area contributed by atoms with Gasteiger partial charge in [0.25, 0.3) is 0 Å². The molecule has 0 radical (unpaired) electrons. The van der Waals surface area contributed by atoms with Crippen LogP contribution in [0.3, 0.4) is 0 Å². The fraction of sp³-hybridized carbons (Fsp3) is 0.700. The Hall–Kier alpha value is -1.83. The zero-order chi connectivity index (χ0) is 13.1. The second-order valence-electron chi connectivity index (χ2n) is 4.31. The van der Waals surface area contributed by atoms with Crippen molar-refractivity contribution in [2.24, 2.45) is 0 Å². The summed E-state index contributed by atoms with van der Waals surface area (Å²) in [5, 5.41) is 14.0. The van der Waals surface area contributed by atoms with Gasteiger partial charge in [0, 0.05) is 19.6 Å². The van der Waals surface area contributed by atoms with Crippen molar-refractivity contribution >= 4 is 18.0 Å². The summed E-state index contributed by atoms with van der Waals surface area (Å²) in [7, 11) is 0. The van der Waals surface area contributed by atoms with Crippen LogP contribution in [-0.4, -0.2) is 66.3 Å². The van der Waals surface area contributed by atoms with Crippen LogP contribution < -0.4 is 10.6 Å². The molecule has 2 amide bonds. The van der Waals surface area contributed by atoms with Gasteiger partial charge in [0.1, 0.15) is 6.10 Å². The lowest BCUT2D eigenvalue weighted by Crippen LogP contribution is -2.57. The van der Waals surface area contributed by atoms with E-state index in [1.165, 1.54) is 0 Å². The molecule has 0 spiro atoms. The van der Waals surface area contributed by atoms with Gasteiger partial charge in [-0.1, -0.05) is 0 Å². The first kappa shape index (κ1) is 12.6. The van der Waals surface area contributed by atoms with Gasteiger partial charge in [0.2, 0.25) is 5.91 Å². The van der Waals surface area contributed by atoms with Crippen LogP contribution >= 0.6 is 0 Å². The minimum atomic E-state index is -1.02. The van der Waals surface area contributed by atoms with Crippen molar-refractivity contribution in [3.8, 4) is 0 Å². The van der Waals surface area contributed by atoms with Gasteiger partial charge >= 0.3 is 12.1 Å². The Balaban J connectivity index is 1.96. The summed E-state index contributed by atoms with van der Waals surface area (Å²) < 4.78 is 4.98. The molecule has 2 fully saturated rings. The summed E-state index contributed by atoms with van der Waals surface area (Å²) >= 11 is 0. The molecule has 100 valence electrons. The average molecular weight is 257 g/mol. The lowest BCUT2D eigenvalue weighted by atomic mass is 10.1. The Morgan fingerprint density at radius 1 is 1.44 bits per heavy atom. The average Bonchev–Trinajstić information content (AvgIpc) is 2.69. The van der Waals surface area contributed by atoms with Crippen LogP contribution in [0.4, 0.5) is 4.79 Å². The SMILES string of the molecule is O=C(O)CC1C(=O)NCCN1CC1CNC(=O)O1. The molecule has 2 aliphatic rings. The molecule has 0 aromatic heterocycles. The summed E-state index contributed by atoms with van der Waals surface area (Å²) in [6.45, 7) is 1.78. The maximum atomic E-state index is 11.6. The molecule has 8 nitrogen and oxygen atoms in total. The summed E-state index contributed by atoms with van der Waals surface area (Å²) in [5.74, 6) is -1.32. The third-order valence-electron chi connectivity index (χ3n) is 3.00. The first-order valence-electron chi connectivity index (χ1n) is 5.74. The van der Waals surface area contributed by atoms with E-state index in [9.17, 15) is 14.4 Å². The molecule has 0 aliphatic carbocycles. The molecule has 2 heterocycles. The molecule has 2 unspecified atom stereocenters. The number of ether oxygens (including phenoxy) is 1. The number of carbonyl (C=O) groups excluding carboxylic acids is 2. The molecule has 3 N–H and O–H groups in total. The quantitative estimate of drug-likeness (QED) is 0.558. The van der Waals surface area contributed by atoms with Crippen molar-refractivity contribution in [2.45, 2.75) is 18.6 Å². The summed E-state index contributed by atoms with van der Waals surface area (Å²) in [5.41, 5.74) is 0. The number of piperazine rings is 1. The molecular formula is C10H15N3O5. The van der Waals surface area contributed by atoms with Crippen LogP contribution in [0.25, 0.3) is 0 Å². The van der Waals surface area contributed by atoms with Gasteiger partial charge in [-0.25, -0.2) is 4.79 Å². The van der Waals surface area contributed by atoms with Gasteiger partial charge in [0.15, 0.2) is 0 Å². The normalized spacial score (nSPS) is 28.4. The Labute approximate surface area is 103 Å². The molecule has 2 aliphatic heterocycles. The van der Waals surface area contributed by atoms with E-state index in [2.05, 4.69) is 10.6 Å². The van der Waals surface area contributed by atoms with Crippen molar-refractivity contribution in [3.63, 3.8) is 0 Å². The van der Waals surface area contributed by atoms with E-state index < -0.39 is 18.1 Å². The highest BCUT2D eigenvalue weighted by Gasteiger charge is 2.34. The molecular weight excluding hydrogens is 242 g/mol. The van der Waals surface area contributed by atoms with Crippen molar-refractivity contribution < 1.29 is 24.2 Å². The summed E-state index contributed by atoms with van der Waals surface area (Å²) in [6, 6.07) is -0.699. The number of nitrogens with zero attached hydrogens (tertiary/aromatic N) is 1. The number of rotatable bonds is 4. The maximum Gasteiger partial charge on any atom is 0.407 e. The fourth-order valence-corrected chi connectivity index (χ4v) is 2.16. The van der Waals surface area contributed by atoms with Crippen molar-refractivity contribution in [1.82, 2.24) is 15.5 Å². The molecule has 2 saturated heterocycles. The van der Waals surface area contributed by atoms with Gasteiger partial charge in [-0.15, -0.1) is 0 Å². The maximum absolute atomic E-state index is 11.6. The second-order valence-corrected chi connectivity index (χ2v) is 4.31. The Bertz CT molecular complexity index is 373. The first-order chi connectivity index (χ1) is 8.56. The molecule has 8 heteroatoms. The van der Waals surface area contributed by atoms with E-state index in [0.29, 0.717) is 26.2 Å². The minimum absolute atomic E-state index is 0.250. The topological polar surface area (TPSA) is 108 Å².